The van der Waals surface area contributed by atoms with Gasteiger partial charge in [0.1, 0.15) is 0 Å². The Kier molecular flexibility index (Phi) is 4.19. The number of aromatic nitrogens is 3. The third kappa shape index (κ3) is 2.65. The van der Waals surface area contributed by atoms with Crippen molar-refractivity contribution in [2.75, 3.05) is 0 Å². The Morgan fingerprint density at radius 2 is 2.17 bits per heavy atom. The van der Waals surface area contributed by atoms with Gasteiger partial charge in [0, 0.05) is 24.1 Å². The third-order valence-corrected chi connectivity index (χ3v) is 4.52. The summed E-state index contributed by atoms with van der Waals surface area (Å²) in [7, 11) is 1.92. The van der Waals surface area contributed by atoms with Crippen molar-refractivity contribution in [3.8, 4) is 0 Å². The standard InChI is InChI=1S/C12H14Br2N4/c1-7-11(14)10(18(2)17-7)6-9(15)12-8(13)4-3-5-16-12/h3-5,9H,6,15H2,1-2H3. The maximum atomic E-state index is 6.22. The summed E-state index contributed by atoms with van der Waals surface area (Å²) >= 11 is 7.03. The molecule has 2 rings (SSSR count). The molecule has 0 aromatic carbocycles. The molecule has 0 spiro atoms. The summed E-state index contributed by atoms with van der Waals surface area (Å²) in [5.41, 5.74) is 9.14. The molecule has 2 N–H and O–H groups in total. The molecule has 0 fully saturated rings. The molecule has 0 aliphatic heterocycles. The zero-order valence-electron chi connectivity index (χ0n) is 10.2. The van der Waals surface area contributed by atoms with Crippen molar-refractivity contribution in [1.29, 1.82) is 0 Å². The van der Waals surface area contributed by atoms with Crippen LogP contribution in [0.2, 0.25) is 0 Å². The second-order valence-corrected chi connectivity index (χ2v) is 5.80. The van der Waals surface area contributed by atoms with Gasteiger partial charge in [0.15, 0.2) is 0 Å². The van der Waals surface area contributed by atoms with Crippen molar-refractivity contribution in [1.82, 2.24) is 14.8 Å². The molecule has 2 heterocycles. The van der Waals surface area contributed by atoms with Crippen LogP contribution in [0.4, 0.5) is 0 Å². The monoisotopic (exact) mass is 372 g/mol. The fourth-order valence-corrected chi connectivity index (χ4v) is 2.92. The fraction of sp³-hybridized carbons (Fsp3) is 0.333. The van der Waals surface area contributed by atoms with Gasteiger partial charge in [-0.15, -0.1) is 0 Å². The van der Waals surface area contributed by atoms with E-state index in [1.165, 1.54) is 0 Å². The molecule has 1 unspecified atom stereocenters. The Bertz CT molecular complexity index is 565. The molecule has 96 valence electrons. The van der Waals surface area contributed by atoms with E-state index >= 15 is 0 Å². The number of pyridine rings is 1. The first-order chi connectivity index (χ1) is 8.50. The van der Waals surface area contributed by atoms with E-state index in [1.807, 2.05) is 30.8 Å². The number of aryl methyl sites for hydroxylation is 2. The van der Waals surface area contributed by atoms with Crippen molar-refractivity contribution < 1.29 is 0 Å². The maximum absolute atomic E-state index is 6.22. The number of nitrogens with zero attached hydrogens (tertiary/aromatic N) is 3. The van der Waals surface area contributed by atoms with Crippen molar-refractivity contribution >= 4 is 31.9 Å². The molecule has 18 heavy (non-hydrogen) atoms. The summed E-state index contributed by atoms with van der Waals surface area (Å²) in [6.07, 6.45) is 2.44. The molecule has 0 saturated heterocycles. The number of rotatable bonds is 3. The maximum Gasteiger partial charge on any atom is 0.0738 e. The predicted octanol–water partition coefficient (Wildman–Crippen LogP) is 2.89. The first-order valence-corrected chi connectivity index (χ1v) is 7.13. The molecule has 0 bridgehead atoms. The minimum atomic E-state index is -0.160. The normalized spacial score (nSPS) is 12.7. The average molecular weight is 374 g/mol. The number of nitrogens with two attached hydrogens (primary N) is 1. The third-order valence-electron chi connectivity index (χ3n) is 2.81. The second kappa shape index (κ2) is 5.50. The molecule has 2 aromatic heterocycles. The van der Waals surface area contributed by atoms with Crippen molar-refractivity contribution in [2.24, 2.45) is 12.8 Å². The van der Waals surface area contributed by atoms with Crippen LogP contribution >= 0.6 is 31.9 Å². The van der Waals surface area contributed by atoms with Crippen LogP contribution in [-0.2, 0) is 13.5 Å². The van der Waals surface area contributed by atoms with Gasteiger partial charge in [0.2, 0.25) is 0 Å². The Balaban J connectivity index is 2.27. The largest absolute Gasteiger partial charge is 0.322 e. The predicted molar refractivity (Wildman–Crippen MR) is 78.2 cm³/mol. The number of hydrogen-bond donors (Lipinski definition) is 1. The molecule has 0 amide bonds. The van der Waals surface area contributed by atoms with Crippen LogP contribution in [0, 0.1) is 6.92 Å². The molecule has 2 aromatic rings. The van der Waals surface area contributed by atoms with Gasteiger partial charge in [-0.25, -0.2) is 0 Å². The quantitative estimate of drug-likeness (QED) is 0.899. The van der Waals surface area contributed by atoms with Gasteiger partial charge in [-0.05, 0) is 50.9 Å². The fourth-order valence-electron chi connectivity index (χ4n) is 1.88. The Labute approximate surface area is 123 Å². The van der Waals surface area contributed by atoms with Crippen LogP contribution < -0.4 is 5.73 Å². The topological polar surface area (TPSA) is 56.7 Å². The smallest absolute Gasteiger partial charge is 0.0738 e. The molecule has 0 radical (unpaired) electrons. The van der Waals surface area contributed by atoms with Crippen molar-refractivity contribution in [2.45, 2.75) is 19.4 Å². The van der Waals surface area contributed by atoms with E-state index < -0.39 is 0 Å². The highest BCUT2D eigenvalue weighted by Gasteiger charge is 2.17. The summed E-state index contributed by atoms with van der Waals surface area (Å²) in [6, 6.07) is 3.67. The Morgan fingerprint density at radius 3 is 2.72 bits per heavy atom. The van der Waals surface area contributed by atoms with Gasteiger partial charge < -0.3 is 5.73 Å². The summed E-state index contributed by atoms with van der Waals surface area (Å²) < 4.78 is 3.82. The SMILES string of the molecule is Cc1nn(C)c(CC(N)c2ncccc2Br)c1Br. The van der Waals surface area contributed by atoms with Crippen LogP contribution in [0.1, 0.15) is 23.1 Å². The molecular formula is C12H14Br2N4. The minimum absolute atomic E-state index is 0.160. The lowest BCUT2D eigenvalue weighted by atomic mass is 10.1. The second-order valence-electron chi connectivity index (χ2n) is 4.15. The molecule has 0 aliphatic carbocycles. The van der Waals surface area contributed by atoms with Gasteiger partial charge in [-0.2, -0.15) is 5.10 Å². The van der Waals surface area contributed by atoms with E-state index in [0.29, 0.717) is 6.42 Å². The minimum Gasteiger partial charge on any atom is -0.322 e. The highest BCUT2D eigenvalue weighted by molar-refractivity contribution is 9.10. The van der Waals surface area contributed by atoms with E-state index in [4.69, 9.17) is 5.73 Å². The first kappa shape index (κ1) is 13.7. The van der Waals surface area contributed by atoms with Gasteiger partial charge in [0.25, 0.3) is 0 Å². The highest BCUT2D eigenvalue weighted by atomic mass is 79.9. The molecule has 6 heteroatoms. The molecule has 1 atom stereocenters. The summed E-state index contributed by atoms with van der Waals surface area (Å²) in [5, 5.41) is 4.36. The van der Waals surface area contributed by atoms with Crippen molar-refractivity contribution in [3.05, 3.63) is 44.4 Å². The lowest BCUT2D eigenvalue weighted by Gasteiger charge is -2.13. The van der Waals surface area contributed by atoms with Crippen molar-refractivity contribution in [3.63, 3.8) is 0 Å². The van der Waals surface area contributed by atoms with Crippen LogP contribution in [0.3, 0.4) is 0 Å². The van der Waals surface area contributed by atoms with E-state index in [1.54, 1.807) is 6.20 Å². The Morgan fingerprint density at radius 1 is 1.44 bits per heavy atom. The zero-order chi connectivity index (χ0) is 13.3. The first-order valence-electron chi connectivity index (χ1n) is 5.54. The van der Waals surface area contributed by atoms with Gasteiger partial charge in [-0.1, -0.05) is 0 Å². The van der Waals surface area contributed by atoms with Gasteiger partial charge >= 0.3 is 0 Å². The zero-order valence-corrected chi connectivity index (χ0v) is 13.4. The Hall–Kier alpha value is -0.720. The van der Waals surface area contributed by atoms with E-state index in [2.05, 4.69) is 41.9 Å². The molecule has 0 aliphatic rings. The molecule has 4 nitrogen and oxygen atoms in total. The van der Waals surface area contributed by atoms with Gasteiger partial charge in [0.05, 0.1) is 27.6 Å². The van der Waals surface area contributed by atoms with Gasteiger partial charge in [-0.3, -0.25) is 9.67 Å². The summed E-state index contributed by atoms with van der Waals surface area (Å²) in [5.74, 6) is 0. The molecule has 0 saturated carbocycles. The van der Waals surface area contributed by atoms with E-state index in [9.17, 15) is 0 Å². The van der Waals surface area contributed by atoms with E-state index in [0.717, 1.165) is 26.0 Å². The molecular weight excluding hydrogens is 360 g/mol. The average Bonchev–Trinajstić information content (AvgIpc) is 2.56. The lowest BCUT2D eigenvalue weighted by molar-refractivity contribution is 0.625. The van der Waals surface area contributed by atoms with Crippen LogP contribution in [0.5, 0.6) is 0 Å². The highest BCUT2D eigenvalue weighted by Crippen LogP contribution is 2.26. The summed E-state index contributed by atoms with van der Waals surface area (Å²) in [6.45, 7) is 1.97. The lowest BCUT2D eigenvalue weighted by Crippen LogP contribution is -2.17. The number of halogens is 2. The van der Waals surface area contributed by atoms with Crippen LogP contribution in [0.15, 0.2) is 27.3 Å². The number of hydrogen-bond acceptors (Lipinski definition) is 3. The van der Waals surface area contributed by atoms with Crippen LogP contribution in [-0.4, -0.2) is 14.8 Å². The van der Waals surface area contributed by atoms with Crippen LogP contribution in [0.25, 0.3) is 0 Å². The van der Waals surface area contributed by atoms with E-state index in [-0.39, 0.29) is 6.04 Å². The summed E-state index contributed by atoms with van der Waals surface area (Å²) in [4.78, 5) is 4.32.